The second-order valence-corrected chi connectivity index (χ2v) is 10.6. The average molecular weight is 575 g/mol. The van der Waals surface area contributed by atoms with Gasteiger partial charge in [0.05, 0.1) is 41.4 Å². The predicted molar refractivity (Wildman–Crippen MR) is 153 cm³/mol. The predicted octanol–water partition coefficient (Wildman–Crippen LogP) is 6.01. The molecule has 0 radical (unpaired) electrons. The van der Waals surface area contributed by atoms with Gasteiger partial charge in [0.1, 0.15) is 35.9 Å². The summed E-state index contributed by atoms with van der Waals surface area (Å²) in [5.41, 5.74) is 3.10. The van der Waals surface area contributed by atoms with Gasteiger partial charge in [-0.3, -0.25) is 4.90 Å². The van der Waals surface area contributed by atoms with Crippen molar-refractivity contribution >= 4 is 17.0 Å². The topological polar surface area (TPSA) is 101 Å². The molecule has 2 aliphatic rings. The summed E-state index contributed by atoms with van der Waals surface area (Å²) in [5, 5.41) is 18.8. The Morgan fingerprint density at radius 3 is 2.81 bits per heavy atom. The Kier molecular flexibility index (Phi) is 8.80. The molecule has 1 N–H and O–H groups in total. The van der Waals surface area contributed by atoms with Crippen LogP contribution in [0.25, 0.3) is 11.0 Å². The summed E-state index contributed by atoms with van der Waals surface area (Å²) < 4.78 is 41.6. The van der Waals surface area contributed by atoms with Crippen LogP contribution in [0.4, 0.5) is 8.78 Å². The molecule has 8 nitrogen and oxygen atoms in total. The molecule has 0 bridgehead atoms. The molecule has 2 aliphatic heterocycles. The first-order valence-corrected chi connectivity index (χ1v) is 13.8. The maximum atomic E-state index is 14.7. The van der Waals surface area contributed by atoms with Crippen molar-refractivity contribution in [2.24, 2.45) is 0 Å². The zero-order valence-electron chi connectivity index (χ0n) is 23.4. The van der Waals surface area contributed by atoms with Crippen LogP contribution >= 0.6 is 0 Å². The third kappa shape index (κ3) is 6.43. The van der Waals surface area contributed by atoms with Gasteiger partial charge < -0.3 is 19.1 Å². The Hall–Kier alpha value is -4.33. The normalized spacial score (nSPS) is 19.7. The largest absolute Gasteiger partial charge is 0.492 e. The zero-order chi connectivity index (χ0) is 29.8. The van der Waals surface area contributed by atoms with Crippen molar-refractivity contribution in [1.82, 2.24) is 14.5 Å². The van der Waals surface area contributed by atoms with Crippen LogP contribution in [0.2, 0.25) is 0 Å². The van der Waals surface area contributed by atoms with E-state index in [0.29, 0.717) is 18.7 Å². The average Bonchev–Trinajstić information content (AvgIpc) is 3.56. The molecule has 0 saturated carbocycles. The van der Waals surface area contributed by atoms with Crippen LogP contribution in [0.3, 0.4) is 0 Å². The van der Waals surface area contributed by atoms with Crippen molar-refractivity contribution in [2.75, 3.05) is 19.7 Å². The molecule has 2 saturated heterocycles. The first kappa shape index (κ1) is 29.2. The standard InChI is InChI=1S/C32H32F2N4O4/c1-3-26(33)13-24(15-35)20(2)42-19-25-12-21(4-6-28(25)34)23-8-10-37(16-23)18-31-36-29-7-5-22(32(39)40)14-30(29)38(31)17-27-9-11-41-27/h3-7,12-14,23,27H,1,8-11,16-19H2,2H3,(H,39,40)/b24-20-,26-13+/t23-,27+/m1/s1. The van der Waals surface area contributed by atoms with Crippen molar-refractivity contribution in [3.05, 3.63) is 101 Å². The van der Waals surface area contributed by atoms with E-state index in [-0.39, 0.29) is 35.5 Å². The number of hydrogen-bond donors (Lipinski definition) is 1. The Bertz CT molecular complexity index is 1620. The van der Waals surface area contributed by atoms with E-state index in [1.54, 1.807) is 30.3 Å². The molecule has 2 atom stereocenters. The molecule has 5 rings (SSSR count). The first-order valence-electron chi connectivity index (χ1n) is 13.8. The highest BCUT2D eigenvalue weighted by molar-refractivity contribution is 5.92. The number of benzene rings is 2. The molecule has 2 aromatic carbocycles. The number of hydrogen-bond acceptors (Lipinski definition) is 6. The van der Waals surface area contributed by atoms with Crippen molar-refractivity contribution in [2.45, 2.75) is 51.5 Å². The number of fused-ring (bicyclic) bond motifs is 1. The monoisotopic (exact) mass is 574 g/mol. The van der Waals surface area contributed by atoms with E-state index in [2.05, 4.69) is 16.0 Å². The molecular formula is C32H32F2N4O4. The lowest BCUT2D eigenvalue weighted by Gasteiger charge is -2.28. The van der Waals surface area contributed by atoms with Crippen LogP contribution in [0.1, 0.15) is 53.0 Å². The van der Waals surface area contributed by atoms with E-state index >= 15 is 0 Å². The molecule has 0 unspecified atom stereocenters. The molecule has 218 valence electrons. The number of nitrogens with zero attached hydrogens (tertiary/aromatic N) is 4. The van der Waals surface area contributed by atoms with Gasteiger partial charge in [-0.05, 0) is 80.3 Å². The van der Waals surface area contributed by atoms with Gasteiger partial charge in [0, 0.05) is 18.7 Å². The van der Waals surface area contributed by atoms with E-state index in [9.17, 15) is 23.9 Å². The lowest BCUT2D eigenvalue weighted by Crippen LogP contribution is -2.32. The molecule has 1 aromatic heterocycles. The molecule has 10 heteroatoms. The molecule has 0 amide bonds. The van der Waals surface area contributed by atoms with Crippen molar-refractivity contribution in [1.29, 1.82) is 5.26 Å². The number of carboxylic acid groups (broad SMARTS) is 1. The second-order valence-electron chi connectivity index (χ2n) is 10.6. The Labute approximate surface area is 242 Å². The molecule has 2 fully saturated rings. The van der Waals surface area contributed by atoms with Crippen LogP contribution in [0.15, 0.2) is 72.3 Å². The van der Waals surface area contributed by atoms with Gasteiger partial charge in [-0.2, -0.15) is 5.26 Å². The number of rotatable bonds is 11. The minimum atomic E-state index is -0.979. The summed E-state index contributed by atoms with van der Waals surface area (Å²) in [6.45, 7) is 8.28. The van der Waals surface area contributed by atoms with Crippen molar-refractivity contribution < 1.29 is 28.2 Å². The van der Waals surface area contributed by atoms with Gasteiger partial charge in [0.2, 0.25) is 0 Å². The van der Waals surface area contributed by atoms with Crippen LogP contribution in [-0.4, -0.2) is 51.3 Å². The van der Waals surface area contributed by atoms with E-state index in [1.807, 2.05) is 6.07 Å². The SMILES string of the molecule is C=C/C(F)=C\C(C#N)=C(/C)OCc1cc([C@@H]2CCN(Cc3nc4ccc(C(=O)O)cc4n3C[C@@H]3CCO3)C2)ccc1F. The van der Waals surface area contributed by atoms with E-state index in [4.69, 9.17) is 14.5 Å². The second kappa shape index (κ2) is 12.7. The van der Waals surface area contributed by atoms with Crippen LogP contribution in [-0.2, 0) is 29.2 Å². The fourth-order valence-corrected chi connectivity index (χ4v) is 5.34. The number of aromatic carboxylic acids is 1. The smallest absolute Gasteiger partial charge is 0.335 e. The third-order valence-corrected chi connectivity index (χ3v) is 7.85. The van der Waals surface area contributed by atoms with Gasteiger partial charge in [-0.25, -0.2) is 18.6 Å². The minimum absolute atomic E-state index is 0.00414. The number of ether oxygens (including phenoxy) is 2. The number of carbonyl (C=O) groups is 1. The highest BCUT2D eigenvalue weighted by Crippen LogP contribution is 2.31. The fourth-order valence-electron chi connectivity index (χ4n) is 5.34. The molecular weight excluding hydrogens is 542 g/mol. The number of imidazole rings is 1. The Balaban J connectivity index is 1.30. The number of carboxylic acids is 1. The van der Waals surface area contributed by atoms with Crippen LogP contribution < -0.4 is 0 Å². The Morgan fingerprint density at radius 2 is 2.12 bits per heavy atom. The molecule has 3 aromatic rings. The Morgan fingerprint density at radius 1 is 1.31 bits per heavy atom. The van der Waals surface area contributed by atoms with Gasteiger partial charge in [0.15, 0.2) is 0 Å². The quantitative estimate of drug-likeness (QED) is 0.170. The van der Waals surface area contributed by atoms with Crippen LogP contribution in [0.5, 0.6) is 0 Å². The summed E-state index contributed by atoms with van der Waals surface area (Å²) in [5.74, 6) is -0.837. The maximum absolute atomic E-state index is 14.7. The summed E-state index contributed by atoms with van der Waals surface area (Å²) >= 11 is 0. The number of allylic oxidation sites excluding steroid dienone is 5. The fraction of sp³-hybridized carbons (Fsp3) is 0.344. The van der Waals surface area contributed by atoms with Gasteiger partial charge in [0.25, 0.3) is 0 Å². The maximum Gasteiger partial charge on any atom is 0.335 e. The lowest BCUT2D eigenvalue weighted by molar-refractivity contribution is -0.0591. The third-order valence-electron chi connectivity index (χ3n) is 7.85. The minimum Gasteiger partial charge on any atom is -0.492 e. The number of nitriles is 1. The molecule has 0 spiro atoms. The van der Waals surface area contributed by atoms with Crippen molar-refractivity contribution in [3.8, 4) is 6.07 Å². The van der Waals surface area contributed by atoms with E-state index < -0.39 is 17.6 Å². The van der Waals surface area contributed by atoms with Gasteiger partial charge in [-0.15, -0.1) is 0 Å². The highest BCUT2D eigenvalue weighted by atomic mass is 19.1. The van der Waals surface area contributed by atoms with Crippen LogP contribution in [0, 0.1) is 17.1 Å². The highest BCUT2D eigenvalue weighted by Gasteiger charge is 2.28. The van der Waals surface area contributed by atoms with Crippen molar-refractivity contribution in [3.63, 3.8) is 0 Å². The van der Waals surface area contributed by atoms with E-state index in [1.165, 1.54) is 13.0 Å². The molecule has 3 heterocycles. The number of halogens is 2. The summed E-state index contributed by atoms with van der Waals surface area (Å²) in [4.78, 5) is 18.7. The lowest BCUT2D eigenvalue weighted by atomic mass is 9.96. The van der Waals surface area contributed by atoms with Gasteiger partial charge >= 0.3 is 5.97 Å². The van der Waals surface area contributed by atoms with E-state index in [0.717, 1.165) is 67.1 Å². The van der Waals surface area contributed by atoms with Gasteiger partial charge in [-0.1, -0.05) is 12.6 Å². The summed E-state index contributed by atoms with van der Waals surface area (Å²) in [7, 11) is 0. The zero-order valence-corrected chi connectivity index (χ0v) is 23.4. The molecule has 42 heavy (non-hydrogen) atoms. The number of likely N-dealkylation sites (tertiary alicyclic amines) is 1. The number of aromatic nitrogens is 2. The molecule has 0 aliphatic carbocycles. The summed E-state index contributed by atoms with van der Waals surface area (Å²) in [6.07, 6.45) is 3.94. The summed E-state index contributed by atoms with van der Waals surface area (Å²) in [6, 6.07) is 11.9. The first-order chi connectivity index (χ1) is 20.2.